The van der Waals surface area contributed by atoms with E-state index in [1.165, 1.54) is 6.26 Å². The highest BCUT2D eigenvalue weighted by Gasteiger charge is 2.31. The molecule has 0 unspecified atom stereocenters. The van der Waals surface area contributed by atoms with Crippen LogP contribution in [0.2, 0.25) is 10.0 Å². The van der Waals surface area contributed by atoms with Gasteiger partial charge in [-0.15, -0.1) is 0 Å². The molecule has 9 nitrogen and oxygen atoms in total. The third kappa shape index (κ3) is 4.28. The number of benzene rings is 1. The van der Waals surface area contributed by atoms with Gasteiger partial charge in [-0.1, -0.05) is 29.3 Å². The van der Waals surface area contributed by atoms with Crippen molar-refractivity contribution in [3.05, 3.63) is 75.4 Å². The van der Waals surface area contributed by atoms with Gasteiger partial charge >= 0.3 is 0 Å². The first-order valence-electron chi connectivity index (χ1n) is 10.8. The van der Waals surface area contributed by atoms with Crippen LogP contribution < -0.4 is 0 Å². The van der Waals surface area contributed by atoms with Crippen LogP contribution in [0, 0.1) is 0 Å². The molecule has 4 heterocycles. The second-order valence-electron chi connectivity index (χ2n) is 8.17. The maximum atomic E-state index is 13.0. The van der Waals surface area contributed by atoms with E-state index in [0.717, 1.165) is 5.56 Å². The maximum absolute atomic E-state index is 13.0. The Hall–Kier alpha value is -3.30. The molecule has 1 saturated heterocycles. The predicted molar refractivity (Wildman–Crippen MR) is 124 cm³/mol. The zero-order valence-electron chi connectivity index (χ0n) is 18.1. The molecule has 0 saturated carbocycles. The highest BCUT2D eigenvalue weighted by Crippen LogP contribution is 2.24. The van der Waals surface area contributed by atoms with Crippen LogP contribution in [0.25, 0.3) is 0 Å². The molecule has 11 heteroatoms. The lowest BCUT2D eigenvalue weighted by Gasteiger charge is -2.33. The number of hydrogen-bond donors (Lipinski definition) is 0. The van der Waals surface area contributed by atoms with Crippen molar-refractivity contribution in [2.75, 3.05) is 32.7 Å². The minimum atomic E-state index is -0.254. The molecule has 2 aromatic heterocycles. The second kappa shape index (κ2) is 9.15. The highest BCUT2D eigenvalue weighted by molar-refractivity contribution is 6.42. The summed E-state index contributed by atoms with van der Waals surface area (Å²) in [5.74, 6) is -0.360. The molecular formula is C23H21Cl2N5O4. The quantitative estimate of drug-likeness (QED) is 0.547. The molecule has 3 amide bonds. The van der Waals surface area contributed by atoms with E-state index >= 15 is 0 Å². The van der Waals surface area contributed by atoms with Gasteiger partial charge in [0.05, 0.1) is 22.9 Å². The number of fused-ring (bicyclic) bond motifs is 1. The molecule has 5 rings (SSSR count). The van der Waals surface area contributed by atoms with E-state index in [2.05, 4.69) is 5.10 Å². The molecule has 0 aliphatic carbocycles. The van der Waals surface area contributed by atoms with Gasteiger partial charge in [0.2, 0.25) is 0 Å². The highest BCUT2D eigenvalue weighted by atomic mass is 35.5. The van der Waals surface area contributed by atoms with E-state index in [-0.39, 0.29) is 29.2 Å². The molecular weight excluding hydrogens is 481 g/mol. The third-order valence-electron chi connectivity index (χ3n) is 6.03. The van der Waals surface area contributed by atoms with Crippen molar-refractivity contribution in [2.45, 2.75) is 13.1 Å². The molecule has 0 N–H and O–H groups in total. The van der Waals surface area contributed by atoms with Crippen LogP contribution in [0.4, 0.5) is 0 Å². The number of amides is 3. The summed E-state index contributed by atoms with van der Waals surface area (Å²) in [7, 11) is 0. The number of nitrogens with zero attached hydrogens (tertiary/aromatic N) is 5. The summed E-state index contributed by atoms with van der Waals surface area (Å²) in [4.78, 5) is 43.5. The van der Waals surface area contributed by atoms with Gasteiger partial charge in [-0.3, -0.25) is 19.1 Å². The van der Waals surface area contributed by atoms with Crippen LogP contribution in [0.3, 0.4) is 0 Å². The first kappa shape index (κ1) is 22.5. The number of piperazine rings is 1. The molecule has 2 aliphatic rings. The fraction of sp³-hybridized carbons (Fsp3) is 0.304. The van der Waals surface area contributed by atoms with Gasteiger partial charge in [0.15, 0.2) is 11.5 Å². The van der Waals surface area contributed by atoms with Gasteiger partial charge in [0.1, 0.15) is 5.69 Å². The van der Waals surface area contributed by atoms with Crippen molar-refractivity contribution in [1.29, 1.82) is 0 Å². The fourth-order valence-electron chi connectivity index (χ4n) is 4.18. The third-order valence-corrected chi connectivity index (χ3v) is 6.77. The van der Waals surface area contributed by atoms with Gasteiger partial charge in [-0.25, -0.2) is 0 Å². The van der Waals surface area contributed by atoms with E-state index in [1.807, 2.05) is 6.07 Å². The lowest BCUT2D eigenvalue weighted by Crippen LogP contribution is -2.50. The Bertz CT molecular complexity index is 1250. The normalized spacial score (nSPS) is 16.1. The van der Waals surface area contributed by atoms with Gasteiger partial charge in [0, 0.05) is 45.3 Å². The summed E-state index contributed by atoms with van der Waals surface area (Å²) in [5.41, 5.74) is 1.47. The van der Waals surface area contributed by atoms with Crippen LogP contribution in [0.15, 0.2) is 47.1 Å². The van der Waals surface area contributed by atoms with E-state index in [9.17, 15) is 14.4 Å². The standard InChI is InChI=1S/C23H21Cl2N5O4/c24-16-4-3-15(12-17(16)25)14-29-9-10-30-19(22(29)32)13-18(26-30)21(31)27-5-7-28(8-6-27)23(33)20-2-1-11-34-20/h1-4,11-13H,5-10,14H2. The summed E-state index contributed by atoms with van der Waals surface area (Å²) in [5, 5.41) is 5.28. The van der Waals surface area contributed by atoms with Gasteiger partial charge < -0.3 is 19.1 Å². The Balaban J connectivity index is 1.23. The van der Waals surface area contributed by atoms with Crippen LogP contribution >= 0.6 is 23.2 Å². The molecule has 1 fully saturated rings. The predicted octanol–water partition coefficient (Wildman–Crippen LogP) is 3.04. The minimum absolute atomic E-state index is 0.192. The number of carbonyl (C=O) groups excluding carboxylic acids is 3. The van der Waals surface area contributed by atoms with E-state index in [1.54, 1.807) is 49.7 Å². The first-order chi connectivity index (χ1) is 16.4. The monoisotopic (exact) mass is 501 g/mol. The van der Waals surface area contributed by atoms with Crippen LogP contribution in [-0.4, -0.2) is 74.9 Å². The molecule has 0 radical (unpaired) electrons. The number of hydrogen-bond acceptors (Lipinski definition) is 5. The Kier molecular flexibility index (Phi) is 6.05. The Morgan fingerprint density at radius 1 is 0.912 bits per heavy atom. The van der Waals surface area contributed by atoms with Crippen molar-refractivity contribution in [3.8, 4) is 0 Å². The fourth-order valence-corrected chi connectivity index (χ4v) is 4.50. The van der Waals surface area contributed by atoms with Crippen LogP contribution in [-0.2, 0) is 13.1 Å². The van der Waals surface area contributed by atoms with Crippen LogP contribution in [0.1, 0.15) is 37.1 Å². The number of furan rings is 1. The molecule has 0 spiro atoms. The summed E-state index contributed by atoms with van der Waals surface area (Å²) in [6.07, 6.45) is 1.46. The van der Waals surface area contributed by atoms with Crippen molar-refractivity contribution in [1.82, 2.24) is 24.5 Å². The lowest BCUT2D eigenvalue weighted by molar-refractivity contribution is 0.0514. The van der Waals surface area contributed by atoms with E-state index in [4.69, 9.17) is 27.6 Å². The van der Waals surface area contributed by atoms with Crippen molar-refractivity contribution < 1.29 is 18.8 Å². The average Bonchev–Trinajstić information content (AvgIpc) is 3.53. The Morgan fingerprint density at radius 3 is 2.32 bits per heavy atom. The SMILES string of the molecule is O=C(c1cc2n(n1)CCN(Cc1ccc(Cl)c(Cl)c1)C2=O)N1CCN(C(=O)c2ccco2)CC1. The smallest absolute Gasteiger partial charge is 0.289 e. The maximum Gasteiger partial charge on any atom is 0.289 e. The van der Waals surface area contributed by atoms with Gasteiger partial charge in [0.25, 0.3) is 17.7 Å². The largest absolute Gasteiger partial charge is 0.459 e. The molecule has 0 atom stereocenters. The Morgan fingerprint density at radius 2 is 1.65 bits per heavy atom. The second-order valence-corrected chi connectivity index (χ2v) is 8.99. The van der Waals surface area contributed by atoms with E-state index in [0.29, 0.717) is 61.6 Å². The molecule has 0 bridgehead atoms. The molecule has 1 aromatic carbocycles. The average molecular weight is 502 g/mol. The molecule has 3 aromatic rings. The number of rotatable bonds is 4. The Labute approximate surface area is 205 Å². The number of halogens is 2. The lowest BCUT2D eigenvalue weighted by atomic mass is 10.2. The molecule has 2 aliphatic heterocycles. The summed E-state index contributed by atoms with van der Waals surface area (Å²) in [6, 6.07) is 10.1. The van der Waals surface area contributed by atoms with E-state index < -0.39 is 0 Å². The summed E-state index contributed by atoms with van der Waals surface area (Å²) in [6.45, 7) is 2.89. The van der Waals surface area contributed by atoms with Crippen molar-refractivity contribution >= 4 is 40.9 Å². The summed E-state index contributed by atoms with van der Waals surface area (Å²) >= 11 is 12.1. The summed E-state index contributed by atoms with van der Waals surface area (Å²) < 4.78 is 6.75. The molecule has 34 heavy (non-hydrogen) atoms. The molecule has 176 valence electrons. The van der Waals surface area contributed by atoms with Gasteiger partial charge in [-0.2, -0.15) is 5.10 Å². The zero-order chi connectivity index (χ0) is 23.8. The number of carbonyl (C=O) groups is 3. The first-order valence-corrected chi connectivity index (χ1v) is 11.6. The topological polar surface area (TPSA) is 91.9 Å². The minimum Gasteiger partial charge on any atom is -0.459 e. The van der Waals surface area contributed by atoms with Crippen molar-refractivity contribution in [3.63, 3.8) is 0 Å². The van der Waals surface area contributed by atoms with Crippen LogP contribution in [0.5, 0.6) is 0 Å². The zero-order valence-corrected chi connectivity index (χ0v) is 19.6. The number of aromatic nitrogens is 2. The van der Waals surface area contributed by atoms with Gasteiger partial charge in [-0.05, 0) is 29.8 Å². The van der Waals surface area contributed by atoms with Crippen molar-refractivity contribution in [2.24, 2.45) is 0 Å².